The fourth-order valence-electron chi connectivity index (χ4n) is 5.89. The lowest BCUT2D eigenvalue weighted by Crippen LogP contribution is -2.70. The molecule has 2 saturated heterocycles. The van der Waals surface area contributed by atoms with Crippen LogP contribution in [0.25, 0.3) is 10.8 Å². The maximum absolute atomic E-state index is 14.1. The van der Waals surface area contributed by atoms with Gasteiger partial charge in [-0.25, -0.2) is 4.79 Å². The molecular formula is C32H47N3O9P2S. The molecule has 2 heterocycles. The van der Waals surface area contributed by atoms with E-state index in [-0.39, 0.29) is 5.40 Å². The zero-order valence-corrected chi connectivity index (χ0v) is 30.7. The highest BCUT2D eigenvalue weighted by Gasteiger charge is 2.64. The first kappa shape index (κ1) is 37.6. The molecule has 0 radical (unpaired) electrons. The minimum absolute atomic E-state index is 0.124. The number of ether oxygens (including phenoxy) is 1. The summed E-state index contributed by atoms with van der Waals surface area (Å²) in [5, 5.41) is 17.1. The Morgan fingerprint density at radius 1 is 0.979 bits per heavy atom. The van der Waals surface area contributed by atoms with Crippen LogP contribution >= 0.6 is 28.5 Å². The number of hydrogen-bond acceptors (Lipinski definition) is 10. The van der Waals surface area contributed by atoms with E-state index >= 15 is 0 Å². The van der Waals surface area contributed by atoms with Crippen molar-refractivity contribution in [1.29, 1.82) is 0 Å². The van der Waals surface area contributed by atoms with Gasteiger partial charge in [-0.05, 0) is 71.7 Å². The van der Waals surface area contributed by atoms with Gasteiger partial charge in [0, 0.05) is 11.3 Å². The molecule has 2 aliphatic rings. The quantitative estimate of drug-likeness (QED) is 0.110. The number of rotatable bonds is 19. The lowest BCUT2D eigenvalue weighted by molar-refractivity contribution is -0.159. The van der Waals surface area contributed by atoms with Crippen molar-refractivity contribution in [3.63, 3.8) is 0 Å². The van der Waals surface area contributed by atoms with Gasteiger partial charge in [-0.15, -0.1) is 11.8 Å². The summed E-state index contributed by atoms with van der Waals surface area (Å²) in [6.45, 7) is 16.0. The molecule has 3 unspecified atom stereocenters. The summed E-state index contributed by atoms with van der Waals surface area (Å²) in [7, 11) is -2.57. The second-order valence-corrected chi connectivity index (χ2v) is 16.9. The standard InChI is InChI=1S/C32H47N3O9P2S/c1-8-40-26-22(33-18-17-23(45(41-9-2)42-10-3)46(43-11-4)44-12-5)19-20-15-13-14-16-21(20)24(26)28(36)34-25-29(37)35-27(31(38)39)32(6,7)47-30(25)35/h13-16,19,23,25,27,30,33H,8-12,17-18H2,1-7H3,(H,34,36)(H,38,39). The van der Waals surface area contributed by atoms with Crippen LogP contribution in [0.15, 0.2) is 30.3 Å². The summed E-state index contributed by atoms with van der Waals surface area (Å²) in [4.78, 5) is 40.7. The number of amides is 2. The fourth-order valence-corrected chi connectivity index (χ4v) is 11.5. The lowest BCUT2D eigenvalue weighted by Gasteiger charge is -2.43. The molecule has 47 heavy (non-hydrogen) atoms. The zero-order valence-electron chi connectivity index (χ0n) is 28.1. The highest BCUT2D eigenvalue weighted by Crippen LogP contribution is 2.62. The van der Waals surface area contributed by atoms with E-state index in [0.717, 1.165) is 5.39 Å². The van der Waals surface area contributed by atoms with E-state index in [2.05, 4.69) is 10.6 Å². The van der Waals surface area contributed by atoms with Crippen LogP contribution in [0.1, 0.15) is 65.2 Å². The van der Waals surface area contributed by atoms with Crippen molar-refractivity contribution in [3.8, 4) is 5.75 Å². The fraction of sp³-hybridized carbons (Fsp3) is 0.594. The van der Waals surface area contributed by atoms with Crippen molar-refractivity contribution in [2.45, 2.75) is 82.5 Å². The zero-order chi connectivity index (χ0) is 34.3. The largest absolute Gasteiger partial charge is 0.491 e. The van der Waals surface area contributed by atoms with E-state index in [1.54, 1.807) is 13.8 Å². The predicted octanol–water partition coefficient (Wildman–Crippen LogP) is 6.38. The van der Waals surface area contributed by atoms with Crippen molar-refractivity contribution >= 4 is 62.8 Å². The van der Waals surface area contributed by atoms with Gasteiger partial charge in [0.05, 0.1) is 44.3 Å². The second kappa shape index (κ2) is 16.9. The Kier molecular flexibility index (Phi) is 13.5. The molecule has 0 bridgehead atoms. The molecule has 3 N–H and O–H groups in total. The van der Waals surface area contributed by atoms with Crippen LogP contribution in [0, 0.1) is 0 Å². The van der Waals surface area contributed by atoms with Gasteiger partial charge < -0.3 is 43.5 Å². The van der Waals surface area contributed by atoms with Gasteiger partial charge in [0.1, 0.15) is 22.9 Å². The SMILES string of the molecule is CCOc1c(NCCC(P(OCC)OCC)P(OCC)OCC)cc2ccccc2c1C(=O)NC1C(=O)N2C1SC(C)(C)C2C(=O)O. The van der Waals surface area contributed by atoms with Crippen LogP contribution in [-0.4, -0.2) is 95.0 Å². The molecule has 0 aromatic heterocycles. The monoisotopic (exact) mass is 711 g/mol. The lowest BCUT2D eigenvalue weighted by atomic mass is 9.95. The number of nitrogens with zero attached hydrogens (tertiary/aromatic N) is 1. The number of hydrogen-bond donors (Lipinski definition) is 3. The normalized spacial score (nSPS) is 20.2. The van der Waals surface area contributed by atoms with Crippen LogP contribution in [0.3, 0.4) is 0 Å². The number of nitrogens with one attached hydrogen (secondary N) is 2. The summed E-state index contributed by atoms with van der Waals surface area (Å²) in [5.41, 5.74) is 0.941. The third kappa shape index (κ3) is 8.15. The van der Waals surface area contributed by atoms with E-state index in [1.165, 1.54) is 16.7 Å². The number of aliphatic carboxylic acids is 1. The van der Waals surface area contributed by atoms with E-state index in [9.17, 15) is 19.5 Å². The van der Waals surface area contributed by atoms with Gasteiger partial charge in [0.2, 0.25) is 5.91 Å². The molecule has 2 fully saturated rings. The first-order valence-corrected chi connectivity index (χ1v) is 19.5. The van der Waals surface area contributed by atoms with E-state index in [1.807, 2.05) is 65.0 Å². The van der Waals surface area contributed by atoms with Crippen LogP contribution in [0.2, 0.25) is 0 Å². The summed E-state index contributed by atoms with van der Waals surface area (Å²) in [6.07, 6.45) is 0.614. The van der Waals surface area contributed by atoms with Crippen molar-refractivity contribution in [1.82, 2.24) is 10.2 Å². The van der Waals surface area contributed by atoms with Crippen LogP contribution in [0.4, 0.5) is 5.69 Å². The highest BCUT2D eigenvalue weighted by atomic mass is 32.2. The van der Waals surface area contributed by atoms with Gasteiger partial charge >= 0.3 is 5.97 Å². The molecule has 0 spiro atoms. The summed E-state index contributed by atoms with van der Waals surface area (Å²) >= 11 is 1.38. The number of anilines is 1. The van der Waals surface area contributed by atoms with E-state index < -0.39 is 56.7 Å². The Labute approximate surface area is 283 Å². The van der Waals surface area contributed by atoms with Gasteiger partial charge in [-0.2, -0.15) is 0 Å². The summed E-state index contributed by atoms with van der Waals surface area (Å²) in [6, 6.07) is 7.66. The molecule has 2 aromatic rings. The first-order chi connectivity index (χ1) is 22.5. The van der Waals surface area contributed by atoms with Crippen molar-refractivity contribution < 1.29 is 42.3 Å². The molecule has 0 saturated carbocycles. The molecule has 15 heteroatoms. The number of benzene rings is 2. The van der Waals surface area contributed by atoms with Crippen molar-refractivity contribution in [2.75, 3.05) is 44.9 Å². The van der Waals surface area contributed by atoms with Crippen molar-refractivity contribution in [3.05, 3.63) is 35.9 Å². The van der Waals surface area contributed by atoms with E-state index in [4.69, 9.17) is 22.8 Å². The van der Waals surface area contributed by atoms with Gasteiger partial charge in [-0.3, -0.25) is 9.59 Å². The number of thioether (sulfide) groups is 1. The molecule has 2 aliphatic heterocycles. The predicted molar refractivity (Wildman–Crippen MR) is 187 cm³/mol. The molecule has 4 rings (SSSR count). The number of fused-ring (bicyclic) bond motifs is 2. The van der Waals surface area contributed by atoms with Crippen LogP contribution in [0.5, 0.6) is 5.75 Å². The number of β-lactam (4-membered cyclic amide) rings is 1. The Morgan fingerprint density at radius 2 is 1.57 bits per heavy atom. The first-order valence-electron chi connectivity index (χ1n) is 16.1. The molecule has 12 nitrogen and oxygen atoms in total. The molecule has 2 aromatic carbocycles. The third-order valence-corrected chi connectivity index (χ3v) is 14.0. The average molecular weight is 712 g/mol. The van der Waals surface area contributed by atoms with Crippen molar-refractivity contribution in [2.24, 2.45) is 0 Å². The van der Waals surface area contributed by atoms with Gasteiger partial charge in [0.25, 0.3) is 5.91 Å². The molecule has 3 atom stereocenters. The molecule has 2 amide bonds. The number of carboxylic acids is 1. The minimum atomic E-state index is -1.29. The highest BCUT2D eigenvalue weighted by molar-refractivity contribution is 8.01. The van der Waals surface area contributed by atoms with Crippen LogP contribution < -0.4 is 15.4 Å². The molecule has 0 aliphatic carbocycles. The summed E-state index contributed by atoms with van der Waals surface area (Å²) < 4.78 is 29.6. The average Bonchev–Trinajstić information content (AvgIpc) is 3.29. The number of carboxylic acid groups (broad SMARTS) is 1. The Bertz CT molecular complexity index is 1390. The third-order valence-electron chi connectivity index (χ3n) is 7.71. The number of carbonyl (C=O) groups excluding carboxylic acids is 2. The maximum Gasteiger partial charge on any atom is 0.327 e. The maximum atomic E-state index is 14.1. The number of carbonyl (C=O) groups is 3. The van der Waals surface area contributed by atoms with E-state index in [0.29, 0.717) is 68.4 Å². The topological polar surface area (TPSA) is 145 Å². The second-order valence-electron chi connectivity index (χ2n) is 11.3. The van der Waals surface area contributed by atoms with Gasteiger partial charge in [0.15, 0.2) is 22.5 Å². The van der Waals surface area contributed by atoms with Gasteiger partial charge in [-0.1, -0.05) is 24.3 Å². The molecule has 260 valence electrons. The summed E-state index contributed by atoms with van der Waals surface area (Å²) in [5.74, 6) is -1.55. The Hall–Kier alpha value is -2.24. The Morgan fingerprint density at radius 3 is 2.13 bits per heavy atom. The molecular weight excluding hydrogens is 664 g/mol. The Balaban J connectivity index is 1.63. The smallest absolute Gasteiger partial charge is 0.327 e. The van der Waals surface area contributed by atoms with Crippen LogP contribution in [-0.2, 0) is 27.7 Å². The minimum Gasteiger partial charge on any atom is -0.491 e.